The van der Waals surface area contributed by atoms with Crippen LogP contribution < -0.4 is 19.7 Å². The van der Waals surface area contributed by atoms with Crippen LogP contribution in [0.1, 0.15) is 41.6 Å². The number of carbonyl (C=O) groups is 1. The number of aliphatic hydroxyl groups excluding tert-OH is 1. The van der Waals surface area contributed by atoms with Gasteiger partial charge in [0.1, 0.15) is 30.3 Å². The number of aromatic carboxylic acids is 1. The first-order chi connectivity index (χ1) is 18.6. The molecular weight excluding hydrogens is 480 g/mol. The standard InChI is InChI=1S/C31H36N2O5/c34-25(21-37-26-7-3-1-4-8-26)19-32-20-27-12-9-24-17-22(11-14-30(24)38-27)23-10-13-28(31(35)36)29(18-23)33-15-5-2-6-16-33/h1,3-4,7-8,10-11,13-14,17-18,25,27,32,34H,2,5-6,9,12,15-16,19-21H2,(H,35,36)/t25-,27+/m0/s1. The fraction of sp³-hybridized carbons (Fsp3) is 0.387. The molecule has 0 unspecified atom stereocenters. The maximum atomic E-state index is 11.9. The first-order valence-electron chi connectivity index (χ1n) is 13.6. The maximum absolute atomic E-state index is 11.9. The average Bonchev–Trinajstić information content (AvgIpc) is 2.96. The van der Waals surface area contributed by atoms with Crippen molar-refractivity contribution >= 4 is 11.7 Å². The van der Waals surface area contributed by atoms with Crippen LogP contribution in [0.5, 0.6) is 11.5 Å². The maximum Gasteiger partial charge on any atom is 0.337 e. The molecule has 0 radical (unpaired) electrons. The number of hydrogen-bond donors (Lipinski definition) is 3. The van der Waals surface area contributed by atoms with Gasteiger partial charge in [-0.3, -0.25) is 0 Å². The highest BCUT2D eigenvalue weighted by Gasteiger charge is 2.22. The van der Waals surface area contributed by atoms with Crippen LogP contribution in [0.2, 0.25) is 0 Å². The molecule has 1 saturated heterocycles. The van der Waals surface area contributed by atoms with Crippen molar-refractivity contribution in [1.29, 1.82) is 0 Å². The molecule has 0 aromatic heterocycles. The lowest BCUT2D eigenvalue weighted by Gasteiger charge is -2.30. The van der Waals surface area contributed by atoms with Crippen molar-refractivity contribution in [2.75, 3.05) is 37.7 Å². The van der Waals surface area contributed by atoms with E-state index in [4.69, 9.17) is 9.47 Å². The topological polar surface area (TPSA) is 91.3 Å². The molecule has 38 heavy (non-hydrogen) atoms. The summed E-state index contributed by atoms with van der Waals surface area (Å²) in [4.78, 5) is 14.1. The number of ether oxygens (including phenoxy) is 2. The van der Waals surface area contributed by atoms with Gasteiger partial charge in [0.2, 0.25) is 0 Å². The van der Waals surface area contributed by atoms with Gasteiger partial charge in [-0.15, -0.1) is 0 Å². The van der Waals surface area contributed by atoms with Crippen LogP contribution in [0.15, 0.2) is 66.7 Å². The molecule has 200 valence electrons. The summed E-state index contributed by atoms with van der Waals surface area (Å²) >= 11 is 0. The highest BCUT2D eigenvalue weighted by Crippen LogP contribution is 2.35. The molecule has 7 nitrogen and oxygen atoms in total. The Hall–Kier alpha value is -3.55. The first kappa shape index (κ1) is 26.1. The first-order valence-corrected chi connectivity index (χ1v) is 13.6. The third kappa shape index (κ3) is 6.47. The third-order valence-electron chi connectivity index (χ3n) is 7.29. The molecule has 3 aromatic rings. The highest BCUT2D eigenvalue weighted by atomic mass is 16.5. The molecule has 2 aliphatic heterocycles. The summed E-state index contributed by atoms with van der Waals surface area (Å²) < 4.78 is 11.9. The van der Waals surface area contributed by atoms with E-state index in [9.17, 15) is 15.0 Å². The Kier molecular flexibility index (Phi) is 8.46. The Morgan fingerprint density at radius 1 is 1.03 bits per heavy atom. The van der Waals surface area contributed by atoms with Gasteiger partial charge in [0.05, 0.1) is 11.3 Å². The fourth-order valence-electron chi connectivity index (χ4n) is 5.24. The number of hydrogen-bond acceptors (Lipinski definition) is 6. The minimum Gasteiger partial charge on any atom is -0.491 e. The minimum atomic E-state index is -0.883. The van der Waals surface area contributed by atoms with Crippen LogP contribution >= 0.6 is 0 Å². The van der Waals surface area contributed by atoms with Crippen LogP contribution in [0.4, 0.5) is 5.69 Å². The normalized spacial score (nSPS) is 17.8. The number of carboxylic acid groups (broad SMARTS) is 1. The van der Waals surface area contributed by atoms with Gasteiger partial charge in [-0.1, -0.05) is 30.3 Å². The van der Waals surface area contributed by atoms with Crippen molar-refractivity contribution in [1.82, 2.24) is 5.32 Å². The molecule has 1 fully saturated rings. The fourth-order valence-corrected chi connectivity index (χ4v) is 5.24. The van der Waals surface area contributed by atoms with Gasteiger partial charge in [-0.05, 0) is 85.2 Å². The largest absolute Gasteiger partial charge is 0.491 e. The second kappa shape index (κ2) is 12.3. The second-order valence-electron chi connectivity index (χ2n) is 10.1. The predicted octanol–water partition coefficient (Wildman–Crippen LogP) is 4.77. The lowest BCUT2D eigenvalue weighted by Crippen LogP contribution is -2.39. The van der Waals surface area contributed by atoms with Crippen molar-refractivity contribution < 1.29 is 24.5 Å². The van der Waals surface area contributed by atoms with Gasteiger partial charge < -0.3 is 29.9 Å². The molecule has 5 rings (SSSR count). The molecule has 2 aliphatic rings. The number of fused-ring (bicyclic) bond motifs is 1. The summed E-state index contributed by atoms with van der Waals surface area (Å²) in [7, 11) is 0. The molecule has 0 amide bonds. The number of benzene rings is 3. The van der Waals surface area contributed by atoms with E-state index in [1.807, 2.05) is 48.5 Å². The SMILES string of the molecule is O=C(O)c1ccc(-c2ccc3c(c2)CC[C@H](CNC[C@H](O)COc2ccccc2)O3)cc1N1CCCCC1. The number of para-hydroxylation sites is 1. The van der Waals surface area contributed by atoms with Crippen molar-refractivity contribution in [3.8, 4) is 22.6 Å². The molecule has 3 N–H and O–H groups in total. The van der Waals surface area contributed by atoms with Crippen LogP contribution in [0.25, 0.3) is 11.1 Å². The van der Waals surface area contributed by atoms with Gasteiger partial charge in [0, 0.05) is 26.2 Å². The number of nitrogens with zero attached hydrogens (tertiary/aromatic N) is 1. The monoisotopic (exact) mass is 516 g/mol. The van der Waals surface area contributed by atoms with Gasteiger partial charge in [-0.25, -0.2) is 4.79 Å². The molecule has 7 heteroatoms. The van der Waals surface area contributed by atoms with Crippen LogP contribution in [0.3, 0.4) is 0 Å². The average molecular weight is 517 g/mol. The summed E-state index contributed by atoms with van der Waals surface area (Å²) in [6.07, 6.45) is 4.61. The Morgan fingerprint density at radius 2 is 1.79 bits per heavy atom. The number of anilines is 1. The summed E-state index contributed by atoms with van der Waals surface area (Å²) in [5.41, 5.74) is 4.43. The summed E-state index contributed by atoms with van der Waals surface area (Å²) in [5, 5.41) is 23.3. The molecule has 2 atom stereocenters. The predicted molar refractivity (Wildman–Crippen MR) is 148 cm³/mol. The van der Waals surface area contributed by atoms with Crippen LogP contribution in [-0.4, -0.2) is 61.2 Å². The zero-order chi connectivity index (χ0) is 26.3. The highest BCUT2D eigenvalue weighted by molar-refractivity contribution is 5.96. The lowest BCUT2D eigenvalue weighted by atomic mass is 9.95. The Bertz CT molecular complexity index is 1230. The number of piperidine rings is 1. The van der Waals surface area contributed by atoms with Gasteiger partial charge in [0.25, 0.3) is 0 Å². The third-order valence-corrected chi connectivity index (χ3v) is 7.29. The number of aryl methyl sites for hydroxylation is 1. The van der Waals surface area contributed by atoms with Gasteiger partial charge >= 0.3 is 5.97 Å². The molecule has 3 aromatic carbocycles. The van der Waals surface area contributed by atoms with E-state index in [-0.39, 0.29) is 12.7 Å². The van der Waals surface area contributed by atoms with Crippen molar-refractivity contribution in [2.24, 2.45) is 0 Å². The van der Waals surface area contributed by atoms with E-state index in [1.54, 1.807) is 6.07 Å². The van der Waals surface area contributed by atoms with Gasteiger partial charge in [-0.2, -0.15) is 0 Å². The smallest absolute Gasteiger partial charge is 0.337 e. The van der Waals surface area contributed by atoms with E-state index >= 15 is 0 Å². The molecule has 0 bridgehead atoms. The Labute approximate surface area is 224 Å². The minimum absolute atomic E-state index is 0.0381. The van der Waals surface area contributed by atoms with E-state index in [1.165, 1.54) is 6.42 Å². The van der Waals surface area contributed by atoms with Crippen LogP contribution in [-0.2, 0) is 6.42 Å². The number of aliphatic hydroxyl groups is 1. The summed E-state index contributed by atoms with van der Waals surface area (Å²) in [6.45, 7) is 3.12. The molecule has 0 aliphatic carbocycles. The van der Waals surface area contributed by atoms with E-state index in [2.05, 4.69) is 22.3 Å². The molecule has 0 spiro atoms. The lowest BCUT2D eigenvalue weighted by molar-refractivity contribution is 0.0697. The zero-order valence-electron chi connectivity index (χ0n) is 21.6. The molecular formula is C31H36N2O5. The summed E-state index contributed by atoms with van der Waals surface area (Å²) in [5.74, 6) is 0.753. The van der Waals surface area contributed by atoms with Crippen molar-refractivity contribution in [3.63, 3.8) is 0 Å². The summed E-state index contributed by atoms with van der Waals surface area (Å²) in [6, 6.07) is 21.4. The van der Waals surface area contributed by atoms with E-state index < -0.39 is 12.1 Å². The Balaban J connectivity index is 1.17. The quantitative estimate of drug-likeness (QED) is 0.358. The number of carboxylic acids is 1. The Morgan fingerprint density at radius 3 is 2.58 bits per heavy atom. The molecule has 0 saturated carbocycles. The molecule has 2 heterocycles. The van der Waals surface area contributed by atoms with Crippen LogP contribution in [0, 0.1) is 0 Å². The number of nitrogens with one attached hydrogen (secondary N) is 1. The van der Waals surface area contributed by atoms with Crippen molar-refractivity contribution in [2.45, 2.75) is 44.3 Å². The second-order valence-corrected chi connectivity index (χ2v) is 10.1. The zero-order valence-corrected chi connectivity index (χ0v) is 21.6. The van der Waals surface area contributed by atoms with E-state index in [0.29, 0.717) is 18.7 Å². The number of rotatable bonds is 10. The van der Waals surface area contributed by atoms with E-state index in [0.717, 1.165) is 72.6 Å². The van der Waals surface area contributed by atoms with Gasteiger partial charge in [0.15, 0.2) is 0 Å². The van der Waals surface area contributed by atoms with Crippen molar-refractivity contribution in [3.05, 3.63) is 77.9 Å².